The number of carbonyl (C=O) groups excluding carboxylic acids is 3. The molecule has 0 aromatic rings. The van der Waals surface area contributed by atoms with Crippen LogP contribution < -0.4 is 0 Å². The van der Waals surface area contributed by atoms with Crippen molar-refractivity contribution in [2.75, 3.05) is 13.2 Å². The number of unbranched alkanes of at least 4 members (excludes halogenated alkanes) is 30. The zero-order valence-corrected chi connectivity index (χ0v) is 43.7. The first-order chi connectivity index (χ1) is 32.5. The summed E-state index contributed by atoms with van der Waals surface area (Å²) in [7, 11) is 0. The first kappa shape index (κ1) is 63.1. The number of allylic oxidation sites excluding steroid dienone is 10. The van der Waals surface area contributed by atoms with Gasteiger partial charge in [-0.1, -0.05) is 229 Å². The standard InChI is InChI=1S/C60H106O6/c1-4-7-10-13-16-19-22-24-26-28-30-32-33-35-38-41-44-47-50-53-59(62)65-56-57(55-64-58(61)52-49-46-43-40-37-21-18-15-12-9-6-3)66-60(63)54-51-48-45-42-39-36-34-31-29-27-25-23-20-17-14-11-8-5-2/h7,10,15-16,18-19,24,26,31,34,57H,4-6,8-9,11-14,17,20-23,25,27-30,32-33,35-56H2,1-3H3/b10-7-,18-15-,19-16-,26-24-,34-31-. The largest absolute Gasteiger partial charge is 0.462 e. The highest BCUT2D eigenvalue weighted by Crippen LogP contribution is 2.15. The summed E-state index contributed by atoms with van der Waals surface area (Å²) in [6, 6.07) is 0. The van der Waals surface area contributed by atoms with E-state index in [0.717, 1.165) is 96.3 Å². The van der Waals surface area contributed by atoms with Crippen molar-refractivity contribution >= 4 is 17.9 Å². The molecule has 1 unspecified atom stereocenters. The van der Waals surface area contributed by atoms with Crippen LogP contribution in [0.4, 0.5) is 0 Å². The summed E-state index contributed by atoms with van der Waals surface area (Å²) in [5.41, 5.74) is 0. The predicted octanol–water partition coefficient (Wildman–Crippen LogP) is 18.8. The zero-order chi connectivity index (χ0) is 47.9. The van der Waals surface area contributed by atoms with Crippen LogP contribution in [0.1, 0.15) is 284 Å². The lowest BCUT2D eigenvalue weighted by Gasteiger charge is -2.18. The minimum atomic E-state index is -0.783. The molecule has 1 atom stereocenters. The van der Waals surface area contributed by atoms with E-state index in [4.69, 9.17) is 14.2 Å². The maximum Gasteiger partial charge on any atom is 0.306 e. The van der Waals surface area contributed by atoms with Crippen molar-refractivity contribution in [2.24, 2.45) is 0 Å². The van der Waals surface area contributed by atoms with Gasteiger partial charge in [-0.25, -0.2) is 0 Å². The third-order valence-electron chi connectivity index (χ3n) is 12.2. The second-order valence-corrected chi connectivity index (χ2v) is 18.8. The second kappa shape index (κ2) is 54.7. The van der Waals surface area contributed by atoms with Crippen LogP contribution in [-0.4, -0.2) is 37.2 Å². The summed E-state index contributed by atoms with van der Waals surface area (Å²) in [5.74, 6) is -0.897. The smallest absolute Gasteiger partial charge is 0.306 e. The average Bonchev–Trinajstić information content (AvgIpc) is 3.31. The van der Waals surface area contributed by atoms with Gasteiger partial charge in [0.05, 0.1) is 0 Å². The van der Waals surface area contributed by atoms with Gasteiger partial charge in [0.15, 0.2) is 6.10 Å². The number of esters is 3. The zero-order valence-electron chi connectivity index (χ0n) is 43.7. The minimum absolute atomic E-state index is 0.0822. The van der Waals surface area contributed by atoms with Crippen molar-refractivity contribution in [3.05, 3.63) is 60.8 Å². The van der Waals surface area contributed by atoms with Gasteiger partial charge in [0.1, 0.15) is 13.2 Å². The molecule has 6 heteroatoms. The molecular weight excluding hydrogens is 817 g/mol. The van der Waals surface area contributed by atoms with Crippen molar-refractivity contribution in [1.29, 1.82) is 0 Å². The molecule has 0 aliphatic carbocycles. The lowest BCUT2D eigenvalue weighted by molar-refractivity contribution is -0.167. The van der Waals surface area contributed by atoms with Crippen LogP contribution in [0.5, 0.6) is 0 Å². The molecule has 0 amide bonds. The van der Waals surface area contributed by atoms with E-state index in [1.807, 2.05) is 0 Å². The van der Waals surface area contributed by atoms with E-state index in [0.29, 0.717) is 19.3 Å². The Labute approximate surface area is 409 Å². The minimum Gasteiger partial charge on any atom is -0.462 e. The molecule has 382 valence electrons. The topological polar surface area (TPSA) is 78.9 Å². The number of hydrogen-bond donors (Lipinski definition) is 0. The van der Waals surface area contributed by atoms with E-state index in [-0.39, 0.29) is 31.1 Å². The summed E-state index contributed by atoms with van der Waals surface area (Å²) in [5, 5.41) is 0. The maximum atomic E-state index is 12.8. The van der Waals surface area contributed by atoms with Gasteiger partial charge in [-0.2, -0.15) is 0 Å². The molecule has 0 radical (unpaired) electrons. The fourth-order valence-corrected chi connectivity index (χ4v) is 7.96. The lowest BCUT2D eigenvalue weighted by Crippen LogP contribution is -2.30. The van der Waals surface area contributed by atoms with Gasteiger partial charge < -0.3 is 14.2 Å². The number of carbonyl (C=O) groups is 3. The normalized spacial score (nSPS) is 12.5. The van der Waals surface area contributed by atoms with Crippen molar-refractivity contribution in [1.82, 2.24) is 0 Å². The molecule has 0 heterocycles. The second-order valence-electron chi connectivity index (χ2n) is 18.8. The molecule has 0 rings (SSSR count). The Morgan fingerprint density at radius 1 is 0.318 bits per heavy atom. The molecule has 0 bridgehead atoms. The summed E-state index contributed by atoms with van der Waals surface area (Å²) < 4.78 is 16.8. The monoisotopic (exact) mass is 923 g/mol. The van der Waals surface area contributed by atoms with E-state index < -0.39 is 6.10 Å². The Kier molecular flexibility index (Phi) is 52.3. The van der Waals surface area contributed by atoms with Gasteiger partial charge in [-0.3, -0.25) is 14.4 Å². The molecule has 0 aromatic carbocycles. The summed E-state index contributed by atoms with van der Waals surface area (Å²) in [6.07, 6.45) is 67.8. The van der Waals surface area contributed by atoms with Crippen LogP contribution in [0.25, 0.3) is 0 Å². The van der Waals surface area contributed by atoms with E-state index in [2.05, 4.69) is 81.5 Å². The highest BCUT2D eigenvalue weighted by Gasteiger charge is 2.19. The summed E-state index contributed by atoms with van der Waals surface area (Å²) in [6.45, 7) is 6.49. The van der Waals surface area contributed by atoms with E-state index in [1.54, 1.807) is 0 Å². The van der Waals surface area contributed by atoms with Gasteiger partial charge in [0.2, 0.25) is 0 Å². The Hall–Kier alpha value is -2.89. The van der Waals surface area contributed by atoms with Crippen LogP contribution in [0, 0.1) is 0 Å². The molecule has 0 aliphatic heterocycles. The molecule has 0 aromatic heterocycles. The third kappa shape index (κ3) is 52.1. The van der Waals surface area contributed by atoms with Crippen LogP contribution in [-0.2, 0) is 28.6 Å². The van der Waals surface area contributed by atoms with Crippen molar-refractivity contribution in [3.63, 3.8) is 0 Å². The molecule has 0 N–H and O–H groups in total. The van der Waals surface area contributed by atoms with Crippen molar-refractivity contribution in [2.45, 2.75) is 290 Å². The van der Waals surface area contributed by atoms with Crippen molar-refractivity contribution < 1.29 is 28.6 Å². The molecular formula is C60H106O6. The first-order valence-electron chi connectivity index (χ1n) is 28.3. The Morgan fingerprint density at radius 2 is 0.606 bits per heavy atom. The Balaban J connectivity index is 4.34. The molecule has 6 nitrogen and oxygen atoms in total. The third-order valence-corrected chi connectivity index (χ3v) is 12.2. The quantitative estimate of drug-likeness (QED) is 0.0262. The van der Waals surface area contributed by atoms with E-state index in [9.17, 15) is 14.4 Å². The highest BCUT2D eigenvalue weighted by molar-refractivity contribution is 5.71. The van der Waals surface area contributed by atoms with E-state index in [1.165, 1.54) is 148 Å². The van der Waals surface area contributed by atoms with E-state index >= 15 is 0 Å². The Bertz CT molecular complexity index is 1200. The highest BCUT2D eigenvalue weighted by atomic mass is 16.6. The van der Waals surface area contributed by atoms with Crippen LogP contribution >= 0.6 is 0 Å². The molecule has 0 spiro atoms. The van der Waals surface area contributed by atoms with Gasteiger partial charge >= 0.3 is 17.9 Å². The predicted molar refractivity (Wildman–Crippen MR) is 284 cm³/mol. The number of rotatable bonds is 51. The summed E-state index contributed by atoms with van der Waals surface area (Å²) in [4.78, 5) is 38.1. The maximum absolute atomic E-state index is 12.8. The van der Waals surface area contributed by atoms with Gasteiger partial charge in [-0.15, -0.1) is 0 Å². The van der Waals surface area contributed by atoms with Gasteiger partial charge in [-0.05, 0) is 96.3 Å². The number of ether oxygens (including phenoxy) is 3. The van der Waals surface area contributed by atoms with Gasteiger partial charge in [0, 0.05) is 19.3 Å². The Morgan fingerprint density at radius 3 is 0.985 bits per heavy atom. The fourth-order valence-electron chi connectivity index (χ4n) is 7.96. The SMILES string of the molecule is CC/C=C\C/C=C\C/C=C\CCCCCCCCCCCC(=O)OCC(COC(=O)CCCCCCC/C=C\CCCC)OC(=O)CCCCCCC/C=C\CCCCCCCCCCC. The van der Waals surface area contributed by atoms with Crippen LogP contribution in [0.15, 0.2) is 60.8 Å². The van der Waals surface area contributed by atoms with Gasteiger partial charge in [0.25, 0.3) is 0 Å². The molecule has 66 heavy (non-hydrogen) atoms. The summed E-state index contributed by atoms with van der Waals surface area (Å²) >= 11 is 0. The average molecular weight is 924 g/mol. The first-order valence-corrected chi connectivity index (χ1v) is 28.3. The fraction of sp³-hybridized carbons (Fsp3) is 0.783. The van der Waals surface area contributed by atoms with Crippen LogP contribution in [0.3, 0.4) is 0 Å². The molecule has 0 aliphatic rings. The number of hydrogen-bond acceptors (Lipinski definition) is 6. The molecule has 0 saturated heterocycles. The van der Waals surface area contributed by atoms with Crippen LogP contribution in [0.2, 0.25) is 0 Å². The lowest BCUT2D eigenvalue weighted by atomic mass is 10.1. The van der Waals surface area contributed by atoms with Crippen molar-refractivity contribution in [3.8, 4) is 0 Å². The molecule has 0 saturated carbocycles. The molecule has 0 fully saturated rings.